The summed E-state index contributed by atoms with van der Waals surface area (Å²) in [5.74, 6) is -9.18. The third-order valence-corrected chi connectivity index (χ3v) is 10.7. The summed E-state index contributed by atoms with van der Waals surface area (Å²) >= 11 is 3.12. The summed E-state index contributed by atoms with van der Waals surface area (Å²) in [5, 5.41) is 36.2. The molecule has 0 fully saturated rings. The maximum absolute atomic E-state index is 14.0. The highest BCUT2D eigenvalue weighted by Crippen LogP contribution is 2.49. The molecule has 3 aliphatic heterocycles. The first kappa shape index (κ1) is 39.7. The Kier molecular flexibility index (Phi) is 11.9. The van der Waals surface area contributed by atoms with Gasteiger partial charge >= 0.3 is 11.8 Å². The lowest BCUT2D eigenvalue weighted by molar-refractivity contribution is -0.160. The van der Waals surface area contributed by atoms with Crippen LogP contribution in [-0.4, -0.2) is 81.9 Å². The van der Waals surface area contributed by atoms with Crippen molar-refractivity contribution in [3.8, 4) is 11.5 Å². The zero-order valence-corrected chi connectivity index (χ0v) is 31.5. The van der Waals surface area contributed by atoms with Crippen LogP contribution in [0.5, 0.6) is 11.5 Å². The molecule has 4 aliphatic rings. The summed E-state index contributed by atoms with van der Waals surface area (Å²) in [6.07, 6.45) is 3.37. The Bertz CT molecular complexity index is 1780. The molecule has 0 radical (unpaired) electrons. The molecule has 5 rings (SSSR count). The van der Waals surface area contributed by atoms with Gasteiger partial charge in [0.1, 0.15) is 23.3 Å². The van der Waals surface area contributed by atoms with E-state index in [1.165, 1.54) is 47.0 Å². The topological polar surface area (TPSA) is 195 Å². The Balaban J connectivity index is 1.86. The Hall–Kier alpha value is -4.11. The van der Waals surface area contributed by atoms with Gasteiger partial charge in [0.2, 0.25) is 11.6 Å². The highest BCUT2D eigenvalue weighted by molar-refractivity contribution is 9.12. The number of fused-ring (bicyclic) bond motifs is 14. The van der Waals surface area contributed by atoms with E-state index >= 15 is 0 Å². The number of rotatable bonds is 2. The van der Waals surface area contributed by atoms with Crippen LogP contribution < -0.4 is 10.1 Å². The fraction of sp³-hybridized carbons (Fsp3) is 0.486. The Morgan fingerprint density at radius 1 is 0.941 bits per heavy atom. The number of ketones is 3. The van der Waals surface area contributed by atoms with E-state index in [1.807, 2.05) is 0 Å². The fourth-order valence-corrected chi connectivity index (χ4v) is 7.13. The molecule has 5 bridgehead atoms. The van der Waals surface area contributed by atoms with Crippen LogP contribution in [-0.2, 0) is 23.8 Å². The van der Waals surface area contributed by atoms with Crippen LogP contribution in [0.25, 0.3) is 0 Å². The van der Waals surface area contributed by atoms with Crippen molar-refractivity contribution in [3.05, 3.63) is 68.6 Å². The number of amides is 1. The fourth-order valence-electron chi connectivity index (χ4n) is 6.66. The number of benzene rings is 1. The van der Waals surface area contributed by atoms with Gasteiger partial charge in [0.25, 0.3) is 11.7 Å². The van der Waals surface area contributed by atoms with E-state index in [9.17, 15) is 39.3 Å². The molecule has 0 spiro atoms. The number of carbonyl (C=O) groups excluding carboxylic acids is 5. The lowest BCUT2D eigenvalue weighted by Gasteiger charge is -2.38. The molecule has 14 heteroatoms. The van der Waals surface area contributed by atoms with Gasteiger partial charge in [0, 0.05) is 55.8 Å². The molecule has 1 aromatic carbocycles. The first-order chi connectivity index (χ1) is 23.8. The number of aliphatic hydroxyl groups excluding tert-OH is 2. The molecular weight excluding hydrogens is 730 g/mol. The van der Waals surface area contributed by atoms with Crippen LogP contribution in [0.15, 0.2) is 46.3 Å². The molecule has 9 atom stereocenters. The summed E-state index contributed by atoms with van der Waals surface area (Å²) in [7, 11) is 1.42. The van der Waals surface area contributed by atoms with E-state index in [1.54, 1.807) is 39.8 Å². The number of nitrogens with one attached hydrogen (secondary N) is 1. The number of hydrogen-bond acceptors (Lipinski definition) is 12. The van der Waals surface area contributed by atoms with Gasteiger partial charge in [-0.15, -0.1) is 0 Å². The van der Waals surface area contributed by atoms with E-state index < -0.39 is 106 Å². The van der Waals surface area contributed by atoms with Crippen LogP contribution in [0.4, 0.5) is 0 Å². The number of hydrogen-bond donors (Lipinski definition) is 4. The molecule has 13 nitrogen and oxygen atoms in total. The predicted molar refractivity (Wildman–Crippen MR) is 187 cm³/mol. The van der Waals surface area contributed by atoms with Gasteiger partial charge in [0.15, 0.2) is 0 Å². The first-order valence-electron chi connectivity index (χ1n) is 16.5. The van der Waals surface area contributed by atoms with Gasteiger partial charge < -0.3 is 39.6 Å². The normalized spacial score (nSPS) is 34.2. The Labute approximate surface area is 304 Å². The van der Waals surface area contributed by atoms with Crippen LogP contribution >= 0.6 is 15.9 Å². The molecule has 4 N–H and O–H groups in total. The molecule has 1 amide bonds. The SMILES string of the molecule is COC1/C=C\OC2(C)Oc3c(C)c(O)c4c(c3C2=O)C(=O)C(Br)=C(NC(=O)/C(C)=C\C=C/C(C)C(O)C(C)C(O)C(C)C(OC(C)=O)C1C)C4=O. The molecule has 51 heavy (non-hydrogen) atoms. The van der Waals surface area contributed by atoms with Gasteiger partial charge in [-0.2, -0.15) is 0 Å². The van der Waals surface area contributed by atoms with Gasteiger partial charge in [-0.25, -0.2) is 0 Å². The third kappa shape index (κ3) is 7.32. The Morgan fingerprint density at radius 2 is 1.59 bits per heavy atom. The van der Waals surface area contributed by atoms with Gasteiger partial charge in [-0.1, -0.05) is 45.9 Å². The van der Waals surface area contributed by atoms with Crippen LogP contribution in [0.3, 0.4) is 0 Å². The minimum absolute atomic E-state index is 0.00400. The van der Waals surface area contributed by atoms with Gasteiger partial charge in [-0.05, 0) is 35.9 Å². The number of Topliss-reactive ketones (excluding diaryl/α,β-unsaturated/α-hetero) is 3. The monoisotopic (exact) mass is 773 g/mol. The highest BCUT2D eigenvalue weighted by atomic mass is 79.9. The van der Waals surface area contributed by atoms with Crippen molar-refractivity contribution in [2.24, 2.45) is 23.7 Å². The molecule has 0 aromatic heterocycles. The van der Waals surface area contributed by atoms with Crippen LogP contribution in [0.1, 0.15) is 85.1 Å². The van der Waals surface area contributed by atoms with Crippen LogP contribution in [0.2, 0.25) is 0 Å². The molecule has 3 heterocycles. The molecule has 276 valence electrons. The van der Waals surface area contributed by atoms with E-state index in [4.69, 9.17) is 18.9 Å². The number of halogens is 1. The highest BCUT2D eigenvalue weighted by Gasteiger charge is 2.52. The predicted octanol–water partition coefficient (Wildman–Crippen LogP) is 4.35. The molecule has 9 unspecified atom stereocenters. The first-order valence-corrected chi connectivity index (χ1v) is 17.3. The number of aliphatic hydroxyl groups is 2. The number of aromatic hydroxyl groups is 1. The minimum Gasteiger partial charge on any atom is -0.507 e. The van der Waals surface area contributed by atoms with Gasteiger partial charge in [-0.3, -0.25) is 24.0 Å². The van der Waals surface area contributed by atoms with Crippen molar-refractivity contribution in [2.45, 2.75) is 85.6 Å². The summed E-state index contributed by atoms with van der Waals surface area (Å²) in [4.78, 5) is 67.0. The number of ether oxygens (including phenoxy) is 4. The van der Waals surface area contributed by atoms with Crippen LogP contribution in [0, 0.1) is 30.6 Å². The Morgan fingerprint density at radius 3 is 2.20 bits per heavy atom. The van der Waals surface area contributed by atoms with Crippen molar-refractivity contribution >= 4 is 45.2 Å². The second-order valence-electron chi connectivity index (χ2n) is 13.5. The standard InChI is InChI=1S/C37H44BrNO12/c1-15-11-10-12-16(2)36(47)39-27-26(38)31(44)23-24(32(27)45)30(43)20(6)34-25(23)35(46)37(8,51-34)49-14-13-22(48-9)17(3)33(50-21(7)40)19(5)29(42)18(4)28(15)41/h10-15,17-19,22,28-29,33,41-43H,1-9H3,(H,39,47)/b11-10-,14-13-,16-12-. The number of esters is 1. The van der Waals surface area contributed by atoms with E-state index in [-0.39, 0.29) is 26.9 Å². The van der Waals surface area contributed by atoms with Crippen molar-refractivity contribution < 1.29 is 58.2 Å². The molecular formula is C37H44BrNO12. The van der Waals surface area contributed by atoms with E-state index in [0.29, 0.717) is 0 Å². The van der Waals surface area contributed by atoms with Crippen molar-refractivity contribution in [3.63, 3.8) is 0 Å². The zero-order chi connectivity index (χ0) is 38.3. The third-order valence-electron chi connectivity index (χ3n) is 9.90. The molecule has 1 aromatic rings. The molecule has 0 saturated carbocycles. The largest absolute Gasteiger partial charge is 0.507 e. The van der Waals surface area contributed by atoms with Crippen molar-refractivity contribution in [1.82, 2.24) is 5.32 Å². The maximum Gasteiger partial charge on any atom is 0.312 e. The van der Waals surface area contributed by atoms with Gasteiger partial charge in [0.05, 0.1) is 45.7 Å². The molecule has 1 aliphatic carbocycles. The maximum atomic E-state index is 14.0. The smallest absolute Gasteiger partial charge is 0.312 e. The summed E-state index contributed by atoms with van der Waals surface area (Å²) in [6, 6.07) is 0. The zero-order valence-electron chi connectivity index (χ0n) is 29.9. The number of phenolic OH excluding ortho intramolecular Hbond substituents is 1. The summed E-state index contributed by atoms with van der Waals surface area (Å²) in [6.45, 7) is 12.3. The number of carbonyl (C=O) groups is 5. The number of methoxy groups -OCH3 is 1. The average molecular weight is 775 g/mol. The quantitative estimate of drug-likeness (QED) is 0.311. The van der Waals surface area contributed by atoms with E-state index in [0.717, 1.165) is 6.26 Å². The summed E-state index contributed by atoms with van der Waals surface area (Å²) < 4.78 is 22.8. The van der Waals surface area contributed by atoms with Crippen molar-refractivity contribution in [1.29, 1.82) is 0 Å². The second-order valence-corrected chi connectivity index (χ2v) is 14.3. The second kappa shape index (κ2) is 15.2. The lowest BCUT2D eigenvalue weighted by atomic mass is 9.78. The van der Waals surface area contributed by atoms with Crippen molar-refractivity contribution in [2.75, 3.05) is 7.11 Å². The van der Waals surface area contributed by atoms with E-state index in [2.05, 4.69) is 21.2 Å². The number of phenols is 1. The molecule has 0 saturated heterocycles. The number of allylic oxidation sites excluding steroid dienone is 4. The lowest BCUT2D eigenvalue weighted by Crippen LogP contribution is -2.46. The summed E-state index contributed by atoms with van der Waals surface area (Å²) in [5.41, 5.74) is -1.45. The minimum atomic E-state index is -2.05. The average Bonchev–Trinajstić information content (AvgIpc) is 3.35.